The van der Waals surface area contributed by atoms with Gasteiger partial charge in [0.1, 0.15) is 11.9 Å². The maximum atomic E-state index is 12.7. The molecule has 0 bridgehead atoms. The molecule has 1 fully saturated rings. The number of likely N-dealkylation sites (tertiary alicyclic amines) is 1. The molecule has 1 atom stereocenters. The van der Waals surface area contributed by atoms with Crippen molar-refractivity contribution in [2.45, 2.75) is 19.4 Å². The van der Waals surface area contributed by atoms with E-state index in [4.69, 9.17) is 4.74 Å². The molecule has 0 radical (unpaired) electrons. The first-order valence-electron chi connectivity index (χ1n) is 8.50. The number of aromatic nitrogens is 2. The van der Waals surface area contributed by atoms with E-state index >= 15 is 0 Å². The second-order valence-corrected chi connectivity index (χ2v) is 7.53. The third-order valence-electron chi connectivity index (χ3n) is 4.69. The number of pyridine rings is 1. The number of thiazole rings is 1. The SMILES string of the molecule is Cc1cc(O[C@H]2CCN(C(=O)c3nc4ccccc4s3)C2)cc(=O)n1C. The van der Waals surface area contributed by atoms with Crippen LogP contribution in [0.3, 0.4) is 0 Å². The fraction of sp³-hybridized carbons (Fsp3) is 0.316. The van der Waals surface area contributed by atoms with Crippen LogP contribution >= 0.6 is 11.3 Å². The van der Waals surface area contributed by atoms with Crippen LogP contribution in [0, 0.1) is 6.92 Å². The standard InChI is InChI=1S/C19H19N3O3S/c1-12-9-14(10-17(23)21(12)2)25-13-7-8-22(11-13)19(24)18-20-15-5-3-4-6-16(15)26-18/h3-6,9-10,13H,7-8,11H2,1-2H3/t13-/m0/s1. The Morgan fingerprint density at radius 1 is 1.31 bits per heavy atom. The highest BCUT2D eigenvalue weighted by atomic mass is 32.1. The summed E-state index contributed by atoms with van der Waals surface area (Å²) in [7, 11) is 1.73. The van der Waals surface area contributed by atoms with Crippen molar-refractivity contribution in [3.8, 4) is 5.75 Å². The zero-order valence-electron chi connectivity index (χ0n) is 14.6. The minimum absolute atomic E-state index is 0.0579. The maximum absolute atomic E-state index is 12.7. The van der Waals surface area contributed by atoms with Gasteiger partial charge in [-0.2, -0.15) is 0 Å². The molecule has 6 nitrogen and oxygen atoms in total. The van der Waals surface area contributed by atoms with Crippen molar-refractivity contribution in [2.24, 2.45) is 7.05 Å². The summed E-state index contributed by atoms with van der Waals surface area (Å²) in [6.45, 7) is 3.00. The van der Waals surface area contributed by atoms with Crippen LogP contribution in [-0.4, -0.2) is 39.6 Å². The number of nitrogens with zero attached hydrogens (tertiary/aromatic N) is 3. The van der Waals surface area contributed by atoms with Gasteiger partial charge in [0.15, 0.2) is 5.01 Å². The van der Waals surface area contributed by atoms with Crippen LogP contribution in [0.5, 0.6) is 5.75 Å². The van der Waals surface area contributed by atoms with E-state index < -0.39 is 0 Å². The van der Waals surface area contributed by atoms with Crippen LogP contribution in [0.2, 0.25) is 0 Å². The maximum Gasteiger partial charge on any atom is 0.283 e. The number of amides is 1. The van der Waals surface area contributed by atoms with Crippen molar-refractivity contribution in [2.75, 3.05) is 13.1 Å². The van der Waals surface area contributed by atoms with Crippen LogP contribution in [0.15, 0.2) is 41.2 Å². The summed E-state index contributed by atoms with van der Waals surface area (Å²) in [5.41, 5.74) is 1.59. The normalized spacial score (nSPS) is 17.0. The van der Waals surface area contributed by atoms with Gasteiger partial charge in [-0.25, -0.2) is 4.98 Å². The van der Waals surface area contributed by atoms with Gasteiger partial charge < -0.3 is 14.2 Å². The number of rotatable bonds is 3. The molecule has 0 N–H and O–H groups in total. The Bertz CT molecular complexity index is 1010. The van der Waals surface area contributed by atoms with Gasteiger partial charge in [-0.15, -0.1) is 11.3 Å². The Labute approximate surface area is 154 Å². The topological polar surface area (TPSA) is 64.4 Å². The minimum atomic E-state index is -0.111. The zero-order valence-corrected chi connectivity index (χ0v) is 15.5. The molecule has 7 heteroatoms. The number of ether oxygens (including phenoxy) is 1. The van der Waals surface area contributed by atoms with Crippen LogP contribution < -0.4 is 10.3 Å². The molecule has 1 aliphatic rings. The van der Waals surface area contributed by atoms with Gasteiger partial charge in [-0.05, 0) is 25.1 Å². The second kappa shape index (κ2) is 6.57. The van der Waals surface area contributed by atoms with Crippen molar-refractivity contribution in [3.63, 3.8) is 0 Å². The lowest BCUT2D eigenvalue weighted by atomic mass is 10.3. The molecule has 4 rings (SSSR count). The van der Waals surface area contributed by atoms with Crippen LogP contribution in [0.1, 0.15) is 21.9 Å². The predicted octanol–water partition coefficient (Wildman–Crippen LogP) is 2.60. The summed E-state index contributed by atoms with van der Waals surface area (Å²) >= 11 is 1.42. The molecular weight excluding hydrogens is 350 g/mol. The quantitative estimate of drug-likeness (QED) is 0.712. The average molecular weight is 369 g/mol. The van der Waals surface area contributed by atoms with Gasteiger partial charge in [-0.1, -0.05) is 12.1 Å². The van der Waals surface area contributed by atoms with Crippen molar-refractivity contribution in [1.82, 2.24) is 14.5 Å². The summed E-state index contributed by atoms with van der Waals surface area (Å²) in [4.78, 5) is 30.8. The summed E-state index contributed by atoms with van der Waals surface area (Å²) in [6.07, 6.45) is 0.630. The average Bonchev–Trinajstić information content (AvgIpc) is 3.25. The number of carbonyl (C=O) groups is 1. The molecule has 0 unspecified atom stereocenters. The van der Waals surface area contributed by atoms with Crippen molar-refractivity contribution < 1.29 is 9.53 Å². The van der Waals surface area contributed by atoms with Gasteiger partial charge in [0.25, 0.3) is 11.5 Å². The highest BCUT2D eigenvalue weighted by Gasteiger charge is 2.30. The molecule has 1 aromatic carbocycles. The van der Waals surface area contributed by atoms with E-state index in [1.54, 1.807) is 16.5 Å². The predicted molar refractivity (Wildman–Crippen MR) is 101 cm³/mol. The number of fused-ring (bicyclic) bond motifs is 1. The number of hydrogen-bond acceptors (Lipinski definition) is 5. The zero-order chi connectivity index (χ0) is 18.3. The van der Waals surface area contributed by atoms with E-state index in [1.165, 1.54) is 17.4 Å². The van der Waals surface area contributed by atoms with Gasteiger partial charge in [0.05, 0.1) is 16.8 Å². The Hall–Kier alpha value is -2.67. The van der Waals surface area contributed by atoms with E-state index in [-0.39, 0.29) is 17.6 Å². The van der Waals surface area contributed by atoms with Gasteiger partial charge in [0.2, 0.25) is 0 Å². The van der Waals surface area contributed by atoms with Crippen molar-refractivity contribution in [1.29, 1.82) is 0 Å². The van der Waals surface area contributed by atoms with Crippen LogP contribution in [0.4, 0.5) is 0 Å². The van der Waals surface area contributed by atoms with Gasteiger partial charge in [0, 0.05) is 31.8 Å². The van der Waals surface area contributed by atoms with E-state index in [2.05, 4.69) is 4.98 Å². The highest BCUT2D eigenvalue weighted by molar-refractivity contribution is 7.20. The molecule has 3 aromatic rings. The molecule has 26 heavy (non-hydrogen) atoms. The van der Waals surface area contributed by atoms with Crippen LogP contribution in [-0.2, 0) is 7.05 Å². The van der Waals surface area contributed by atoms with E-state index in [9.17, 15) is 9.59 Å². The molecule has 0 aliphatic carbocycles. The smallest absolute Gasteiger partial charge is 0.283 e. The number of aryl methyl sites for hydroxylation is 1. The summed E-state index contributed by atoms with van der Waals surface area (Å²) in [5.74, 6) is 0.502. The molecule has 0 spiro atoms. The minimum Gasteiger partial charge on any atom is -0.488 e. The first kappa shape index (κ1) is 16.8. The van der Waals surface area contributed by atoms with E-state index in [0.29, 0.717) is 23.8 Å². The highest BCUT2D eigenvalue weighted by Crippen LogP contribution is 2.25. The fourth-order valence-corrected chi connectivity index (χ4v) is 4.04. The van der Waals surface area contributed by atoms with E-state index in [0.717, 1.165) is 22.3 Å². The third kappa shape index (κ3) is 3.10. The first-order chi connectivity index (χ1) is 12.5. The monoisotopic (exact) mass is 369 g/mol. The van der Waals surface area contributed by atoms with Gasteiger partial charge in [-0.3, -0.25) is 9.59 Å². The lowest BCUT2D eigenvalue weighted by Gasteiger charge is -2.16. The number of benzene rings is 1. The summed E-state index contributed by atoms with van der Waals surface area (Å²) < 4.78 is 8.53. The molecule has 2 aromatic heterocycles. The summed E-state index contributed by atoms with van der Waals surface area (Å²) in [6, 6.07) is 11.1. The number of para-hydroxylation sites is 1. The lowest BCUT2D eigenvalue weighted by molar-refractivity contribution is 0.0772. The Morgan fingerprint density at radius 2 is 2.12 bits per heavy atom. The molecule has 0 saturated carbocycles. The molecular formula is C19H19N3O3S. The Balaban J connectivity index is 1.46. The number of hydrogen-bond donors (Lipinski definition) is 0. The first-order valence-corrected chi connectivity index (χ1v) is 9.32. The molecule has 1 aliphatic heterocycles. The Morgan fingerprint density at radius 3 is 2.88 bits per heavy atom. The van der Waals surface area contributed by atoms with Gasteiger partial charge >= 0.3 is 0 Å². The molecule has 1 saturated heterocycles. The summed E-state index contributed by atoms with van der Waals surface area (Å²) in [5, 5.41) is 0.510. The molecule has 1 amide bonds. The number of carbonyl (C=O) groups excluding carboxylic acids is 1. The third-order valence-corrected chi connectivity index (χ3v) is 5.71. The Kier molecular flexibility index (Phi) is 4.24. The van der Waals surface area contributed by atoms with Crippen molar-refractivity contribution in [3.05, 3.63) is 57.5 Å². The second-order valence-electron chi connectivity index (χ2n) is 6.50. The lowest BCUT2D eigenvalue weighted by Crippen LogP contribution is -2.31. The van der Waals surface area contributed by atoms with E-state index in [1.807, 2.05) is 37.3 Å². The largest absolute Gasteiger partial charge is 0.488 e. The molecule has 134 valence electrons. The van der Waals surface area contributed by atoms with Crippen LogP contribution in [0.25, 0.3) is 10.2 Å². The fourth-order valence-electron chi connectivity index (χ4n) is 3.11. The van der Waals surface area contributed by atoms with Crippen molar-refractivity contribution >= 4 is 27.5 Å². The molecule has 3 heterocycles.